The van der Waals surface area contributed by atoms with Crippen LogP contribution in [0, 0.1) is 0 Å². The van der Waals surface area contributed by atoms with Crippen molar-refractivity contribution in [2.75, 3.05) is 0 Å². The number of carbonyl (C=O) groups is 2. The zero-order valence-corrected chi connectivity index (χ0v) is 20.1. The SMILES string of the molecule is CC(NC(=O)/C(=C/c1ccc(-c2ccc(Br)cc2)o1)NC(=O)c1ccccc1)c1ccccc1. The second-order valence-electron chi connectivity index (χ2n) is 7.69. The van der Waals surface area contributed by atoms with Gasteiger partial charge >= 0.3 is 0 Å². The maximum absolute atomic E-state index is 13.2. The third-order valence-electron chi connectivity index (χ3n) is 5.22. The number of nitrogens with one attached hydrogen (secondary N) is 2. The lowest BCUT2D eigenvalue weighted by atomic mass is 10.1. The molecular weight excluding hydrogens is 492 g/mol. The van der Waals surface area contributed by atoms with Gasteiger partial charge in [-0.05, 0) is 48.9 Å². The van der Waals surface area contributed by atoms with Crippen molar-refractivity contribution in [1.82, 2.24) is 10.6 Å². The molecule has 3 aromatic carbocycles. The maximum atomic E-state index is 13.2. The molecular formula is C28H23BrN2O3. The molecule has 0 saturated heterocycles. The minimum atomic E-state index is -0.415. The molecule has 34 heavy (non-hydrogen) atoms. The van der Waals surface area contributed by atoms with Gasteiger partial charge in [-0.15, -0.1) is 0 Å². The zero-order chi connectivity index (χ0) is 23.9. The Hall–Kier alpha value is -3.90. The van der Waals surface area contributed by atoms with Crippen LogP contribution in [0.2, 0.25) is 0 Å². The van der Waals surface area contributed by atoms with E-state index in [0.29, 0.717) is 17.1 Å². The van der Waals surface area contributed by atoms with Crippen LogP contribution in [0.5, 0.6) is 0 Å². The van der Waals surface area contributed by atoms with E-state index in [1.807, 2.05) is 73.7 Å². The largest absolute Gasteiger partial charge is 0.457 e. The number of carbonyl (C=O) groups excluding carboxylic acids is 2. The number of halogens is 1. The Labute approximate surface area is 206 Å². The first-order chi connectivity index (χ1) is 16.5. The second-order valence-corrected chi connectivity index (χ2v) is 8.61. The molecule has 1 atom stereocenters. The van der Waals surface area contributed by atoms with Crippen LogP contribution in [0.4, 0.5) is 0 Å². The molecule has 5 nitrogen and oxygen atoms in total. The van der Waals surface area contributed by atoms with Crippen LogP contribution in [0.25, 0.3) is 17.4 Å². The van der Waals surface area contributed by atoms with Crippen LogP contribution < -0.4 is 10.6 Å². The van der Waals surface area contributed by atoms with Crippen LogP contribution in [-0.2, 0) is 4.79 Å². The third-order valence-corrected chi connectivity index (χ3v) is 5.75. The van der Waals surface area contributed by atoms with Gasteiger partial charge in [-0.25, -0.2) is 0 Å². The lowest BCUT2D eigenvalue weighted by Gasteiger charge is -2.16. The lowest BCUT2D eigenvalue weighted by Crippen LogP contribution is -2.36. The van der Waals surface area contributed by atoms with Crippen LogP contribution in [0.3, 0.4) is 0 Å². The molecule has 2 N–H and O–H groups in total. The average molecular weight is 515 g/mol. The summed E-state index contributed by atoms with van der Waals surface area (Å²) in [6.07, 6.45) is 1.54. The Morgan fingerprint density at radius 1 is 0.853 bits per heavy atom. The molecule has 0 radical (unpaired) electrons. The minimum Gasteiger partial charge on any atom is -0.457 e. The molecule has 1 aromatic heterocycles. The van der Waals surface area contributed by atoms with Crippen molar-refractivity contribution < 1.29 is 14.0 Å². The highest BCUT2D eigenvalue weighted by Crippen LogP contribution is 2.25. The molecule has 170 valence electrons. The molecule has 0 saturated carbocycles. The summed E-state index contributed by atoms with van der Waals surface area (Å²) in [7, 11) is 0. The first-order valence-corrected chi connectivity index (χ1v) is 11.6. The van der Waals surface area contributed by atoms with E-state index in [9.17, 15) is 9.59 Å². The maximum Gasteiger partial charge on any atom is 0.268 e. The minimum absolute atomic E-state index is 0.0911. The number of hydrogen-bond acceptors (Lipinski definition) is 3. The molecule has 4 rings (SSSR count). The van der Waals surface area contributed by atoms with E-state index < -0.39 is 5.91 Å². The fraction of sp³-hybridized carbons (Fsp3) is 0.0714. The van der Waals surface area contributed by atoms with Gasteiger partial charge in [-0.1, -0.05) is 76.6 Å². The van der Waals surface area contributed by atoms with E-state index in [1.165, 1.54) is 6.08 Å². The van der Waals surface area contributed by atoms with Gasteiger partial charge in [0.25, 0.3) is 11.8 Å². The van der Waals surface area contributed by atoms with Crippen LogP contribution in [-0.4, -0.2) is 11.8 Å². The summed E-state index contributed by atoms with van der Waals surface area (Å²) in [5.41, 5.74) is 2.40. The summed E-state index contributed by atoms with van der Waals surface area (Å²) >= 11 is 3.43. The highest BCUT2D eigenvalue weighted by atomic mass is 79.9. The van der Waals surface area contributed by atoms with E-state index in [1.54, 1.807) is 30.3 Å². The molecule has 0 aliphatic heterocycles. The molecule has 1 heterocycles. The Morgan fingerprint density at radius 2 is 1.50 bits per heavy atom. The van der Waals surface area contributed by atoms with Crippen molar-refractivity contribution in [3.8, 4) is 11.3 Å². The van der Waals surface area contributed by atoms with Gasteiger partial charge in [0.1, 0.15) is 17.2 Å². The van der Waals surface area contributed by atoms with Crippen LogP contribution in [0.1, 0.15) is 34.6 Å². The fourth-order valence-electron chi connectivity index (χ4n) is 3.38. The Kier molecular flexibility index (Phi) is 7.40. The highest BCUT2D eigenvalue weighted by molar-refractivity contribution is 9.10. The van der Waals surface area contributed by atoms with E-state index in [4.69, 9.17) is 4.42 Å². The molecule has 0 fully saturated rings. The van der Waals surface area contributed by atoms with Gasteiger partial charge < -0.3 is 15.1 Å². The molecule has 6 heteroatoms. The molecule has 1 unspecified atom stereocenters. The Morgan fingerprint density at radius 3 is 2.18 bits per heavy atom. The molecule has 0 bridgehead atoms. The molecule has 2 amide bonds. The number of hydrogen-bond donors (Lipinski definition) is 2. The smallest absolute Gasteiger partial charge is 0.268 e. The molecule has 4 aromatic rings. The molecule has 0 spiro atoms. The van der Waals surface area contributed by atoms with E-state index in [0.717, 1.165) is 15.6 Å². The summed E-state index contributed by atoms with van der Waals surface area (Å²) in [4.78, 5) is 26.0. The first-order valence-electron chi connectivity index (χ1n) is 10.8. The van der Waals surface area contributed by atoms with Crippen molar-refractivity contribution in [3.05, 3.63) is 124 Å². The normalized spacial score (nSPS) is 12.1. The standard InChI is InChI=1S/C28H23BrN2O3/c1-19(20-8-4-2-5-9-20)30-28(33)25(31-27(32)22-10-6-3-7-11-22)18-24-16-17-26(34-24)21-12-14-23(29)15-13-21/h2-19H,1H3,(H,30,33)(H,31,32)/b25-18-. The fourth-order valence-corrected chi connectivity index (χ4v) is 3.65. The summed E-state index contributed by atoms with van der Waals surface area (Å²) in [5.74, 6) is 0.311. The number of amides is 2. The van der Waals surface area contributed by atoms with E-state index >= 15 is 0 Å². The predicted octanol–water partition coefficient (Wildman–Crippen LogP) is 6.36. The van der Waals surface area contributed by atoms with E-state index in [2.05, 4.69) is 26.6 Å². The van der Waals surface area contributed by atoms with Crippen molar-refractivity contribution in [2.24, 2.45) is 0 Å². The van der Waals surface area contributed by atoms with Gasteiger partial charge in [0.05, 0.1) is 6.04 Å². The summed E-state index contributed by atoms with van der Waals surface area (Å²) in [6.45, 7) is 1.89. The van der Waals surface area contributed by atoms with Gasteiger partial charge in [0.15, 0.2) is 0 Å². The summed E-state index contributed by atoms with van der Waals surface area (Å²) in [6, 6.07) is 29.4. The lowest BCUT2D eigenvalue weighted by molar-refractivity contribution is -0.118. The number of benzene rings is 3. The van der Waals surface area contributed by atoms with Crippen molar-refractivity contribution in [3.63, 3.8) is 0 Å². The molecule has 0 aliphatic rings. The predicted molar refractivity (Wildman–Crippen MR) is 137 cm³/mol. The Bertz CT molecular complexity index is 1300. The Balaban J connectivity index is 1.60. The van der Waals surface area contributed by atoms with Gasteiger partial charge in [-0.3, -0.25) is 9.59 Å². The monoisotopic (exact) mass is 514 g/mol. The highest BCUT2D eigenvalue weighted by Gasteiger charge is 2.18. The van der Waals surface area contributed by atoms with Crippen molar-refractivity contribution in [1.29, 1.82) is 0 Å². The quantitative estimate of drug-likeness (QED) is 0.282. The van der Waals surface area contributed by atoms with Crippen molar-refractivity contribution >= 4 is 33.8 Å². The number of furan rings is 1. The number of rotatable bonds is 7. The summed E-state index contributed by atoms with van der Waals surface area (Å²) in [5, 5.41) is 5.69. The third kappa shape index (κ3) is 5.91. The molecule has 0 aliphatic carbocycles. The zero-order valence-electron chi connectivity index (χ0n) is 18.5. The van der Waals surface area contributed by atoms with Gasteiger partial charge in [-0.2, -0.15) is 0 Å². The average Bonchev–Trinajstić information content (AvgIpc) is 3.33. The van der Waals surface area contributed by atoms with Gasteiger partial charge in [0, 0.05) is 21.7 Å². The first kappa shape index (κ1) is 23.3. The second kappa shape index (κ2) is 10.8. The van der Waals surface area contributed by atoms with Crippen molar-refractivity contribution in [2.45, 2.75) is 13.0 Å². The van der Waals surface area contributed by atoms with Crippen LogP contribution >= 0.6 is 15.9 Å². The summed E-state index contributed by atoms with van der Waals surface area (Å²) < 4.78 is 6.91. The van der Waals surface area contributed by atoms with E-state index in [-0.39, 0.29) is 17.6 Å². The van der Waals surface area contributed by atoms with Crippen LogP contribution in [0.15, 0.2) is 112 Å². The topological polar surface area (TPSA) is 71.3 Å². The van der Waals surface area contributed by atoms with Gasteiger partial charge in [0.2, 0.25) is 0 Å².